The van der Waals surface area contributed by atoms with Gasteiger partial charge in [-0.2, -0.15) is 0 Å². The lowest BCUT2D eigenvalue weighted by Gasteiger charge is -2.29. The van der Waals surface area contributed by atoms with Crippen LogP contribution in [0.2, 0.25) is 5.02 Å². The summed E-state index contributed by atoms with van der Waals surface area (Å²) in [5.41, 5.74) is 0.686. The molecular formula is C15H21ClO. The Kier molecular flexibility index (Phi) is 3.26. The smallest absolute Gasteiger partial charge is 0.0719 e. The minimum absolute atomic E-state index is 0.232. The molecular weight excluding hydrogens is 232 g/mol. The first kappa shape index (κ1) is 12.9. The van der Waals surface area contributed by atoms with Crippen LogP contribution in [0.5, 0.6) is 0 Å². The molecule has 2 unspecified atom stereocenters. The van der Waals surface area contributed by atoms with E-state index in [4.69, 9.17) is 11.6 Å². The van der Waals surface area contributed by atoms with Gasteiger partial charge in [-0.15, -0.1) is 0 Å². The molecule has 2 heteroatoms. The van der Waals surface area contributed by atoms with Crippen LogP contribution in [0.15, 0.2) is 24.3 Å². The summed E-state index contributed by atoms with van der Waals surface area (Å²) < 4.78 is 0. The summed E-state index contributed by atoms with van der Waals surface area (Å²) in [5.74, 6) is 0.328. The molecule has 1 nitrogen and oxygen atoms in total. The molecule has 1 fully saturated rings. The third-order valence-corrected chi connectivity index (χ3v) is 4.38. The van der Waals surface area contributed by atoms with Crippen molar-refractivity contribution in [3.8, 4) is 0 Å². The highest BCUT2D eigenvalue weighted by Crippen LogP contribution is 2.49. The number of halogens is 1. The molecule has 0 saturated heterocycles. The van der Waals surface area contributed by atoms with Crippen molar-refractivity contribution in [2.45, 2.75) is 45.6 Å². The Bertz CT molecular complexity index is 413. The van der Waals surface area contributed by atoms with E-state index in [9.17, 15) is 5.11 Å². The van der Waals surface area contributed by atoms with Crippen LogP contribution in [0.3, 0.4) is 0 Å². The fraction of sp³-hybridized carbons (Fsp3) is 0.600. The van der Waals surface area contributed by atoms with E-state index < -0.39 is 5.60 Å². The molecule has 1 aliphatic rings. The van der Waals surface area contributed by atoms with Gasteiger partial charge < -0.3 is 5.11 Å². The number of hydrogen-bond donors (Lipinski definition) is 1. The van der Waals surface area contributed by atoms with Crippen molar-refractivity contribution in [2.24, 2.45) is 11.3 Å². The van der Waals surface area contributed by atoms with Crippen molar-refractivity contribution in [2.75, 3.05) is 0 Å². The van der Waals surface area contributed by atoms with E-state index in [1.807, 2.05) is 24.3 Å². The SMILES string of the molecule is CC1CC(C)(C)CC1(O)Cc1ccccc1Cl. The summed E-state index contributed by atoms with van der Waals surface area (Å²) in [7, 11) is 0. The van der Waals surface area contributed by atoms with E-state index in [1.165, 1.54) is 0 Å². The highest BCUT2D eigenvalue weighted by Gasteiger charge is 2.47. The highest BCUT2D eigenvalue weighted by molar-refractivity contribution is 6.31. The third kappa shape index (κ3) is 2.66. The Morgan fingerprint density at radius 1 is 1.35 bits per heavy atom. The molecule has 2 rings (SSSR count). The van der Waals surface area contributed by atoms with E-state index in [1.54, 1.807) is 0 Å². The maximum atomic E-state index is 10.8. The van der Waals surface area contributed by atoms with Gasteiger partial charge >= 0.3 is 0 Å². The summed E-state index contributed by atoms with van der Waals surface area (Å²) in [6, 6.07) is 7.82. The van der Waals surface area contributed by atoms with E-state index >= 15 is 0 Å². The standard InChI is InChI=1S/C15H21ClO/c1-11-8-14(2,3)10-15(11,17)9-12-6-4-5-7-13(12)16/h4-7,11,17H,8-10H2,1-3H3. The summed E-state index contributed by atoms with van der Waals surface area (Å²) in [4.78, 5) is 0. The first-order valence-electron chi connectivity index (χ1n) is 6.28. The topological polar surface area (TPSA) is 20.2 Å². The molecule has 0 heterocycles. The molecule has 1 aromatic carbocycles. The maximum Gasteiger partial charge on any atom is 0.0719 e. The van der Waals surface area contributed by atoms with Crippen LogP contribution in [0.1, 0.15) is 39.2 Å². The van der Waals surface area contributed by atoms with Crippen LogP contribution in [0.25, 0.3) is 0 Å². The van der Waals surface area contributed by atoms with E-state index in [0.717, 1.165) is 23.4 Å². The van der Waals surface area contributed by atoms with Crippen molar-refractivity contribution < 1.29 is 5.11 Å². The van der Waals surface area contributed by atoms with Crippen LogP contribution >= 0.6 is 11.6 Å². The van der Waals surface area contributed by atoms with Gasteiger partial charge in [-0.05, 0) is 35.8 Å². The van der Waals surface area contributed by atoms with Crippen molar-refractivity contribution in [3.05, 3.63) is 34.9 Å². The fourth-order valence-corrected chi connectivity index (χ4v) is 3.50. The van der Waals surface area contributed by atoms with Gasteiger partial charge in [0, 0.05) is 11.4 Å². The Labute approximate surface area is 109 Å². The Balaban J connectivity index is 2.21. The summed E-state index contributed by atoms with van der Waals surface area (Å²) >= 11 is 6.17. The zero-order chi connectivity index (χ0) is 12.7. The van der Waals surface area contributed by atoms with Crippen molar-refractivity contribution >= 4 is 11.6 Å². The minimum Gasteiger partial charge on any atom is -0.389 e. The Morgan fingerprint density at radius 3 is 2.53 bits per heavy atom. The fourth-order valence-electron chi connectivity index (χ4n) is 3.30. The van der Waals surface area contributed by atoms with Crippen molar-refractivity contribution in [1.82, 2.24) is 0 Å². The second kappa shape index (κ2) is 4.29. The third-order valence-electron chi connectivity index (χ3n) is 4.02. The first-order valence-corrected chi connectivity index (χ1v) is 6.66. The van der Waals surface area contributed by atoms with Gasteiger partial charge in [0.1, 0.15) is 0 Å². The van der Waals surface area contributed by atoms with Gasteiger partial charge in [-0.25, -0.2) is 0 Å². The van der Waals surface area contributed by atoms with Crippen LogP contribution in [0.4, 0.5) is 0 Å². The molecule has 0 radical (unpaired) electrons. The molecule has 1 N–H and O–H groups in total. The maximum absolute atomic E-state index is 10.8. The average molecular weight is 253 g/mol. The molecule has 0 aliphatic heterocycles. The lowest BCUT2D eigenvalue weighted by molar-refractivity contribution is 0.00447. The van der Waals surface area contributed by atoms with E-state index in [0.29, 0.717) is 12.3 Å². The zero-order valence-corrected chi connectivity index (χ0v) is 11.6. The molecule has 1 aliphatic carbocycles. The van der Waals surface area contributed by atoms with E-state index in [2.05, 4.69) is 20.8 Å². The second-order valence-corrected chi connectivity index (χ2v) is 6.73. The second-order valence-electron chi connectivity index (χ2n) is 6.32. The van der Waals surface area contributed by atoms with Gasteiger partial charge in [0.25, 0.3) is 0 Å². The number of hydrogen-bond acceptors (Lipinski definition) is 1. The Hall–Kier alpha value is -0.530. The molecule has 17 heavy (non-hydrogen) atoms. The zero-order valence-electron chi connectivity index (χ0n) is 10.8. The minimum atomic E-state index is -0.603. The molecule has 0 amide bonds. The summed E-state index contributed by atoms with van der Waals surface area (Å²) in [6.45, 7) is 6.60. The van der Waals surface area contributed by atoms with Gasteiger partial charge in [0.2, 0.25) is 0 Å². The average Bonchev–Trinajstić information content (AvgIpc) is 2.39. The van der Waals surface area contributed by atoms with Crippen molar-refractivity contribution in [1.29, 1.82) is 0 Å². The Morgan fingerprint density at radius 2 is 2.00 bits per heavy atom. The van der Waals surface area contributed by atoms with Crippen LogP contribution in [0, 0.1) is 11.3 Å². The van der Waals surface area contributed by atoms with Crippen molar-refractivity contribution in [3.63, 3.8) is 0 Å². The quantitative estimate of drug-likeness (QED) is 0.841. The van der Waals surface area contributed by atoms with Gasteiger partial charge in [0.05, 0.1) is 5.60 Å². The molecule has 0 spiro atoms. The monoisotopic (exact) mass is 252 g/mol. The molecule has 0 bridgehead atoms. The number of rotatable bonds is 2. The predicted octanol–water partition coefficient (Wildman–Crippen LogP) is 4.07. The van der Waals surface area contributed by atoms with Crippen LogP contribution in [-0.4, -0.2) is 10.7 Å². The lowest BCUT2D eigenvalue weighted by atomic mass is 9.84. The first-order chi connectivity index (χ1) is 7.82. The van der Waals surface area contributed by atoms with Gasteiger partial charge in [-0.3, -0.25) is 0 Å². The molecule has 1 aromatic rings. The van der Waals surface area contributed by atoms with Crippen LogP contribution in [-0.2, 0) is 6.42 Å². The normalized spacial score (nSPS) is 31.7. The molecule has 0 aromatic heterocycles. The largest absolute Gasteiger partial charge is 0.389 e. The molecule has 94 valence electrons. The van der Waals surface area contributed by atoms with Gasteiger partial charge in [-0.1, -0.05) is 50.6 Å². The lowest BCUT2D eigenvalue weighted by Crippen LogP contribution is -2.34. The highest BCUT2D eigenvalue weighted by atomic mass is 35.5. The molecule has 2 atom stereocenters. The molecule has 1 saturated carbocycles. The predicted molar refractivity (Wildman–Crippen MR) is 72.3 cm³/mol. The summed E-state index contributed by atoms with van der Waals surface area (Å²) in [5, 5.41) is 11.6. The van der Waals surface area contributed by atoms with E-state index in [-0.39, 0.29) is 5.41 Å². The number of aliphatic hydroxyl groups is 1. The summed E-state index contributed by atoms with van der Waals surface area (Å²) in [6.07, 6.45) is 2.59. The number of benzene rings is 1. The van der Waals surface area contributed by atoms with Crippen LogP contribution < -0.4 is 0 Å². The van der Waals surface area contributed by atoms with Gasteiger partial charge in [0.15, 0.2) is 0 Å².